The molecule has 0 unspecified atom stereocenters. The van der Waals surface area contributed by atoms with Gasteiger partial charge in [-0.3, -0.25) is 4.90 Å². The molecule has 0 atom stereocenters. The van der Waals surface area contributed by atoms with E-state index in [0.29, 0.717) is 11.9 Å². The van der Waals surface area contributed by atoms with Gasteiger partial charge in [-0.05, 0) is 12.8 Å². The van der Waals surface area contributed by atoms with E-state index in [1.807, 2.05) is 0 Å². The van der Waals surface area contributed by atoms with Crippen LogP contribution in [0.1, 0.15) is 110 Å². The van der Waals surface area contributed by atoms with Crippen LogP contribution in [0.15, 0.2) is 5.16 Å². The monoisotopic (exact) mass is 522 g/mol. The number of nitrogens with one attached hydrogen (secondary N) is 2. The maximum Gasteiger partial charge on any atom is 0.228 e. The Morgan fingerprint density at radius 2 is 1.19 bits per heavy atom. The fraction of sp³-hybridized carbons (Fsp3) is 0.893. The second kappa shape index (κ2) is 21.9. The predicted octanol–water partition coefficient (Wildman–Crippen LogP) is 7.01. The van der Waals surface area contributed by atoms with Crippen LogP contribution in [0.3, 0.4) is 0 Å². The molecule has 0 saturated carbocycles. The summed E-state index contributed by atoms with van der Waals surface area (Å²) in [6.07, 6.45) is 19.9. The molecule has 7 nitrogen and oxygen atoms in total. The Balaban J connectivity index is 1.72. The molecule has 36 heavy (non-hydrogen) atoms. The summed E-state index contributed by atoms with van der Waals surface area (Å²) in [5.41, 5.74) is 0. The average Bonchev–Trinajstić information content (AvgIpc) is 2.90. The van der Waals surface area contributed by atoms with Gasteiger partial charge in [0.05, 0.1) is 13.2 Å². The fourth-order valence-electron chi connectivity index (χ4n) is 4.41. The first-order valence-corrected chi connectivity index (χ1v) is 16.0. The van der Waals surface area contributed by atoms with Crippen LogP contribution >= 0.6 is 11.8 Å². The average molecular weight is 523 g/mol. The van der Waals surface area contributed by atoms with Gasteiger partial charge in [-0.1, -0.05) is 109 Å². The third-order valence-electron chi connectivity index (χ3n) is 6.72. The second-order valence-corrected chi connectivity index (χ2v) is 11.1. The lowest BCUT2D eigenvalue weighted by molar-refractivity contribution is 0.0398. The number of aromatic nitrogens is 3. The molecule has 0 amide bonds. The van der Waals surface area contributed by atoms with Crippen LogP contribution in [0.25, 0.3) is 0 Å². The van der Waals surface area contributed by atoms with E-state index in [2.05, 4.69) is 34.4 Å². The topological polar surface area (TPSA) is 75.2 Å². The number of hydrogen-bond donors (Lipinski definition) is 2. The Hall–Kier alpha value is -1.12. The molecule has 1 aromatic heterocycles. The molecule has 0 radical (unpaired) electrons. The van der Waals surface area contributed by atoms with E-state index in [-0.39, 0.29) is 0 Å². The lowest BCUT2D eigenvalue weighted by Crippen LogP contribution is -2.39. The molecule has 2 N–H and O–H groups in total. The van der Waals surface area contributed by atoms with Gasteiger partial charge >= 0.3 is 0 Å². The highest BCUT2D eigenvalue weighted by molar-refractivity contribution is 7.99. The van der Waals surface area contributed by atoms with Gasteiger partial charge in [-0.15, -0.1) is 0 Å². The molecule has 1 fully saturated rings. The standard InChI is InChI=1S/C28H54N6OS/c1-3-5-7-9-11-12-13-14-16-18-29-26-31-27(30-19-20-34-21-23-35-24-22-34)33-28(32-26)36-25-17-15-10-8-6-4-2/h3-25H2,1-2H3,(H2,29,30,31,32,33). The minimum atomic E-state index is 0.693. The minimum absolute atomic E-state index is 0.693. The Labute approximate surface area is 225 Å². The number of morpholine rings is 1. The van der Waals surface area contributed by atoms with Crippen molar-refractivity contribution in [3.05, 3.63) is 0 Å². The predicted molar refractivity (Wildman–Crippen MR) is 155 cm³/mol. The van der Waals surface area contributed by atoms with Gasteiger partial charge in [-0.2, -0.15) is 15.0 Å². The summed E-state index contributed by atoms with van der Waals surface area (Å²) >= 11 is 1.76. The Bertz CT molecular complexity index is 644. The van der Waals surface area contributed by atoms with Crippen molar-refractivity contribution in [1.82, 2.24) is 19.9 Å². The van der Waals surface area contributed by atoms with Gasteiger partial charge in [0.2, 0.25) is 11.9 Å². The third kappa shape index (κ3) is 15.9. The van der Waals surface area contributed by atoms with Crippen molar-refractivity contribution in [2.24, 2.45) is 0 Å². The molecule has 0 bridgehead atoms. The molecule has 208 valence electrons. The third-order valence-corrected chi connectivity index (χ3v) is 7.66. The van der Waals surface area contributed by atoms with E-state index in [1.54, 1.807) is 11.8 Å². The van der Waals surface area contributed by atoms with Crippen LogP contribution in [0.4, 0.5) is 11.9 Å². The van der Waals surface area contributed by atoms with Crippen molar-refractivity contribution in [2.45, 2.75) is 115 Å². The largest absolute Gasteiger partial charge is 0.379 e. The SMILES string of the molecule is CCCCCCCCCCCNc1nc(NCCN2CCOCC2)nc(SCCCCCCCC)n1. The summed E-state index contributed by atoms with van der Waals surface area (Å²) in [7, 11) is 0. The summed E-state index contributed by atoms with van der Waals surface area (Å²) in [6.45, 7) is 11.0. The van der Waals surface area contributed by atoms with E-state index < -0.39 is 0 Å². The quantitative estimate of drug-likeness (QED) is 0.117. The summed E-state index contributed by atoms with van der Waals surface area (Å²) in [5, 5.41) is 7.74. The van der Waals surface area contributed by atoms with E-state index >= 15 is 0 Å². The van der Waals surface area contributed by atoms with Gasteiger partial charge < -0.3 is 15.4 Å². The van der Waals surface area contributed by atoms with Crippen molar-refractivity contribution in [2.75, 3.05) is 62.3 Å². The lowest BCUT2D eigenvalue weighted by atomic mass is 10.1. The normalized spacial score (nSPS) is 14.3. The molecule has 2 rings (SSSR count). The first-order chi connectivity index (χ1) is 17.8. The highest BCUT2D eigenvalue weighted by atomic mass is 32.2. The summed E-state index contributed by atoms with van der Waals surface area (Å²) in [4.78, 5) is 16.5. The van der Waals surface area contributed by atoms with Crippen molar-refractivity contribution in [3.63, 3.8) is 0 Å². The van der Waals surface area contributed by atoms with Crippen molar-refractivity contribution in [3.8, 4) is 0 Å². The molecule has 8 heteroatoms. The molecular weight excluding hydrogens is 468 g/mol. The number of unbranched alkanes of at least 4 members (excludes halogenated alkanes) is 13. The molecule has 1 aliphatic heterocycles. The number of thioether (sulfide) groups is 1. The number of rotatable bonds is 23. The van der Waals surface area contributed by atoms with Gasteiger partial charge in [0.1, 0.15) is 0 Å². The maximum absolute atomic E-state index is 5.45. The van der Waals surface area contributed by atoms with Crippen LogP contribution in [0.5, 0.6) is 0 Å². The Morgan fingerprint density at radius 1 is 0.667 bits per heavy atom. The Kier molecular flexibility index (Phi) is 18.9. The van der Waals surface area contributed by atoms with E-state index in [0.717, 1.165) is 56.8 Å². The zero-order valence-electron chi connectivity index (χ0n) is 23.4. The smallest absolute Gasteiger partial charge is 0.228 e. The van der Waals surface area contributed by atoms with Crippen LogP contribution in [0, 0.1) is 0 Å². The second-order valence-electron chi connectivity index (χ2n) is 10.0. The van der Waals surface area contributed by atoms with Crippen LogP contribution in [-0.2, 0) is 4.74 Å². The maximum atomic E-state index is 5.45. The molecule has 0 spiro atoms. The van der Waals surface area contributed by atoms with Crippen LogP contribution in [0.2, 0.25) is 0 Å². The molecule has 0 aliphatic carbocycles. The first-order valence-electron chi connectivity index (χ1n) is 15.0. The molecule has 1 aromatic rings. The zero-order chi connectivity index (χ0) is 25.5. The van der Waals surface area contributed by atoms with Crippen molar-refractivity contribution in [1.29, 1.82) is 0 Å². The van der Waals surface area contributed by atoms with Gasteiger partial charge in [0.25, 0.3) is 0 Å². The van der Waals surface area contributed by atoms with Crippen molar-refractivity contribution < 1.29 is 4.74 Å². The van der Waals surface area contributed by atoms with E-state index in [9.17, 15) is 0 Å². The highest BCUT2D eigenvalue weighted by Crippen LogP contribution is 2.19. The van der Waals surface area contributed by atoms with Gasteiger partial charge in [0, 0.05) is 38.5 Å². The van der Waals surface area contributed by atoms with Crippen LogP contribution < -0.4 is 10.6 Å². The molecular formula is C28H54N6OS. The van der Waals surface area contributed by atoms with E-state index in [4.69, 9.17) is 14.7 Å². The van der Waals surface area contributed by atoms with E-state index in [1.165, 1.54) is 96.3 Å². The fourth-order valence-corrected chi connectivity index (χ4v) is 5.24. The lowest BCUT2D eigenvalue weighted by Gasteiger charge is -2.26. The summed E-state index contributed by atoms with van der Waals surface area (Å²) in [5.74, 6) is 2.48. The van der Waals surface area contributed by atoms with Gasteiger partial charge in [-0.25, -0.2) is 0 Å². The zero-order valence-corrected chi connectivity index (χ0v) is 24.2. The number of nitrogens with zero attached hydrogens (tertiary/aromatic N) is 4. The highest BCUT2D eigenvalue weighted by Gasteiger charge is 2.11. The van der Waals surface area contributed by atoms with Crippen molar-refractivity contribution >= 4 is 23.7 Å². The number of anilines is 2. The van der Waals surface area contributed by atoms with Crippen LogP contribution in [-0.4, -0.2) is 71.5 Å². The van der Waals surface area contributed by atoms with Gasteiger partial charge in [0.15, 0.2) is 5.16 Å². The molecule has 0 aromatic carbocycles. The summed E-state index contributed by atoms with van der Waals surface area (Å²) in [6, 6.07) is 0. The molecule has 1 saturated heterocycles. The number of hydrogen-bond acceptors (Lipinski definition) is 8. The Morgan fingerprint density at radius 3 is 1.81 bits per heavy atom. The molecule has 1 aliphatic rings. The minimum Gasteiger partial charge on any atom is -0.379 e. The first kappa shape index (κ1) is 31.1. The summed E-state index contributed by atoms with van der Waals surface area (Å²) < 4.78 is 5.45. The molecule has 2 heterocycles. The number of ether oxygens (including phenoxy) is 1.